The van der Waals surface area contributed by atoms with Crippen molar-refractivity contribution < 1.29 is 69.1 Å². The van der Waals surface area contributed by atoms with Gasteiger partial charge in [-0.1, -0.05) is 199 Å². The van der Waals surface area contributed by atoms with E-state index in [0.717, 1.165) is 60.7 Å². The van der Waals surface area contributed by atoms with Crippen LogP contribution in [-0.4, -0.2) is 106 Å². The molecule has 0 radical (unpaired) electrons. The summed E-state index contributed by atoms with van der Waals surface area (Å²) in [4.78, 5) is 12.5. The molecule has 10 aliphatic rings. The van der Waals surface area contributed by atoms with Crippen molar-refractivity contribution in [3.05, 3.63) is 0 Å². The number of carbonyl (C=O) groups excluding carboxylic acids is 1. The summed E-state index contributed by atoms with van der Waals surface area (Å²) < 4.78 is 99.4. The zero-order valence-electron chi connectivity index (χ0n) is 68.0. The fourth-order valence-electron chi connectivity index (χ4n) is 19.4. The van der Waals surface area contributed by atoms with Crippen LogP contribution in [0.25, 0.3) is 0 Å². The predicted molar refractivity (Wildman–Crippen MR) is 410 cm³/mol. The number of fused-ring (bicyclic) bond motifs is 5. The van der Waals surface area contributed by atoms with Crippen molar-refractivity contribution in [2.24, 2.45) is 115 Å². The Hall–Kier alpha value is 0.645. The molecule has 8 bridgehead atoms. The van der Waals surface area contributed by atoms with E-state index in [2.05, 4.69) is 152 Å². The third kappa shape index (κ3) is 20.1. The van der Waals surface area contributed by atoms with Gasteiger partial charge in [0.15, 0.2) is 0 Å². The minimum absolute atomic E-state index is 0.0114. The van der Waals surface area contributed by atoms with Crippen molar-refractivity contribution in [3.63, 3.8) is 0 Å². The van der Waals surface area contributed by atoms with Crippen LogP contribution in [0.4, 0.5) is 0 Å². The van der Waals surface area contributed by atoms with Gasteiger partial charge in [-0.05, 0) is 189 Å². The number of esters is 1. The molecule has 6 aliphatic heterocycles. The van der Waals surface area contributed by atoms with Crippen LogP contribution >= 0.6 is 0 Å². The van der Waals surface area contributed by atoms with Gasteiger partial charge in [0.2, 0.25) is 0 Å². The third-order valence-electron chi connectivity index (χ3n) is 23.7. The quantitative estimate of drug-likeness (QED) is 0.0688. The van der Waals surface area contributed by atoms with Crippen LogP contribution in [0.2, 0.25) is 48.4 Å². The topological polar surface area (TPSA) is 178 Å². The number of aliphatic hydroxyl groups is 2. The van der Waals surface area contributed by atoms with Crippen LogP contribution < -0.4 is 0 Å². The van der Waals surface area contributed by atoms with Gasteiger partial charge in [0.05, 0.1) is 18.6 Å². The zero-order chi connectivity index (χ0) is 73.7. The molecule has 9 atom stereocenters. The molecule has 10 fully saturated rings. The summed E-state index contributed by atoms with van der Waals surface area (Å²) in [6.45, 7) is 63.9. The molecule has 4 aliphatic carbocycles. The number of aliphatic hydroxyl groups excluding tert-OH is 2. The van der Waals surface area contributed by atoms with E-state index in [0.29, 0.717) is 59.2 Å². The van der Waals surface area contributed by atoms with Gasteiger partial charge in [-0.2, -0.15) is 0 Å². The molecule has 6 saturated heterocycles. The SMILES string of the molecule is CC(C)CCC[C@@H](C)C1CCC2C3CCC4C[C@@H](OC(=O)C(C)(C)C)CC[C@]4(C)C3CC[C@@]21C.CC(C)C[Si]12O[Si]3(CC(C)C)O[Si]4(CC(C)C)O[Si](CC(C)C)(O1)O[Si]1(CC(C)C)O[Si](CC(C)C)(O2)O[Si](CC(C)C)(O3)O[Si](CC(C)(C)C)(O4)O1.CCC(CO)(CO)C(C)(C)C. The standard InChI is InChI=1S/C33H74O12Si8.C32H56O2.C9H20O2/c1-26(2)18-46-34-47(19-27(3)4)37-50(22-30(9)10)39-48(35-46,20-28(5)6)41-52(24-32(13)14)42-49(36-46,21-29(7)8)40-51(38-47,23-31(11)12)44-53(43-50,45-52)25-33(15,16)17;1-21(2)10-9-11-22(3)26-14-15-27-25-13-12-23-20-24(34-29(33)30(4,5)6)16-18-31(23,7)28(25)17-19-32(26,27)8;1-5-9(6-10,7-11)8(2,3)4/h26-32H,18-25H2,1-17H3;21-28H,9-20H2,1-8H3;10-11H,5-7H2,1-4H3/t;22-,23?,24+,25?,26?,27?,28?,31+,32-;/m.1./s1. The first-order valence-electron chi connectivity index (χ1n) is 39.7. The molecule has 0 aromatic carbocycles. The average Bonchev–Trinajstić information content (AvgIpc) is 0.759. The van der Waals surface area contributed by atoms with E-state index in [9.17, 15) is 4.79 Å². The van der Waals surface area contributed by atoms with Crippen LogP contribution in [0.15, 0.2) is 0 Å². The van der Waals surface area contributed by atoms with E-state index >= 15 is 0 Å². The first-order chi connectivity index (χ1) is 44.9. The fraction of sp³-hybridized carbons (Fsp3) is 0.986. The normalized spacial score (nSPS) is 39.0. The van der Waals surface area contributed by atoms with Crippen LogP contribution in [0.1, 0.15) is 284 Å². The van der Waals surface area contributed by atoms with Gasteiger partial charge >= 0.3 is 76.4 Å². The lowest BCUT2D eigenvalue weighted by Crippen LogP contribution is -2.89. The van der Waals surface area contributed by atoms with Crippen molar-refractivity contribution in [3.8, 4) is 0 Å². The van der Waals surface area contributed by atoms with Crippen LogP contribution in [-0.2, 0) is 58.9 Å². The van der Waals surface area contributed by atoms with E-state index in [-0.39, 0.29) is 83.0 Å². The number of carbonyl (C=O) groups is 1. The van der Waals surface area contributed by atoms with E-state index < -0.39 is 75.9 Å². The molecule has 98 heavy (non-hydrogen) atoms. The fourth-order valence-corrected chi connectivity index (χ4v) is 71.3. The number of ether oxygens (including phenoxy) is 1. The second kappa shape index (κ2) is 32.1. The van der Waals surface area contributed by atoms with Crippen molar-refractivity contribution in [2.45, 2.75) is 339 Å². The second-order valence-corrected chi connectivity index (χ2v) is 64.0. The lowest BCUT2D eigenvalue weighted by atomic mass is 9.44. The molecule has 16 nitrogen and oxygen atoms in total. The molecule has 0 aromatic rings. The first kappa shape index (κ1) is 85.9. The van der Waals surface area contributed by atoms with E-state index in [1.165, 1.54) is 64.2 Å². The molecule has 2 N–H and O–H groups in total. The van der Waals surface area contributed by atoms with Gasteiger partial charge in [0.1, 0.15) is 6.10 Å². The zero-order valence-corrected chi connectivity index (χ0v) is 76.0. The molecule has 10 rings (SSSR count). The van der Waals surface area contributed by atoms with E-state index in [4.69, 9.17) is 64.3 Å². The van der Waals surface area contributed by atoms with Gasteiger partial charge in [-0.25, -0.2) is 0 Å². The van der Waals surface area contributed by atoms with Crippen molar-refractivity contribution in [1.29, 1.82) is 0 Å². The lowest BCUT2D eigenvalue weighted by molar-refractivity contribution is -0.170. The Morgan fingerprint density at radius 2 is 0.796 bits per heavy atom. The Morgan fingerprint density at radius 3 is 1.09 bits per heavy atom. The van der Waals surface area contributed by atoms with Crippen molar-refractivity contribution >= 4 is 76.4 Å². The smallest absolute Gasteiger partial charge is 0.462 e. The predicted octanol–water partition coefficient (Wildman–Crippen LogP) is 19.9. The number of hydrogen-bond donors (Lipinski definition) is 2. The number of hydrogen-bond acceptors (Lipinski definition) is 16. The molecule has 0 aromatic heterocycles. The second-order valence-electron chi connectivity index (χ2n) is 40.1. The molecule has 574 valence electrons. The molecule has 0 spiro atoms. The highest BCUT2D eigenvalue weighted by Crippen LogP contribution is 2.69. The Morgan fingerprint density at radius 1 is 0.449 bits per heavy atom. The molecule has 4 saturated carbocycles. The molecule has 0 amide bonds. The summed E-state index contributed by atoms with van der Waals surface area (Å²) >= 11 is 0. The molecule has 6 heterocycles. The van der Waals surface area contributed by atoms with Crippen molar-refractivity contribution in [2.75, 3.05) is 13.2 Å². The van der Waals surface area contributed by atoms with E-state index in [1.54, 1.807) is 0 Å². The Balaban J connectivity index is 0.000000255. The van der Waals surface area contributed by atoms with E-state index in [1.807, 2.05) is 48.5 Å². The molecular formula is C74H150O16Si8. The summed E-state index contributed by atoms with van der Waals surface area (Å²) in [6, 6.07) is 4.01. The summed E-state index contributed by atoms with van der Waals surface area (Å²) in [6.07, 6.45) is 17.3. The largest absolute Gasteiger partial charge is 0.479 e. The van der Waals surface area contributed by atoms with Gasteiger partial charge < -0.3 is 64.3 Å². The number of rotatable bonds is 24. The average molecular weight is 1520 g/mol. The van der Waals surface area contributed by atoms with Gasteiger partial charge in [-0.3, -0.25) is 4.79 Å². The molecule has 5 unspecified atom stereocenters. The first-order valence-corrected chi connectivity index (χ1v) is 55.2. The highest BCUT2D eigenvalue weighted by atomic mass is 28.6. The van der Waals surface area contributed by atoms with Gasteiger partial charge in [0.25, 0.3) is 0 Å². The lowest BCUT2D eigenvalue weighted by Gasteiger charge is -2.64. The third-order valence-corrected chi connectivity index (χ3v) is 64.2. The minimum Gasteiger partial charge on any atom is -0.462 e. The maximum atomic E-state index is 12.5. The maximum Gasteiger partial charge on any atom is 0.479 e. The van der Waals surface area contributed by atoms with Crippen LogP contribution in [0, 0.1) is 115 Å². The molecular weight excluding hydrogens is 1370 g/mol. The van der Waals surface area contributed by atoms with Gasteiger partial charge in [0, 0.05) is 53.8 Å². The van der Waals surface area contributed by atoms with Crippen LogP contribution in [0.5, 0.6) is 0 Å². The Kier molecular flexibility index (Phi) is 28.1. The summed E-state index contributed by atoms with van der Waals surface area (Å²) in [5, 5.41) is 18.3. The summed E-state index contributed by atoms with van der Waals surface area (Å²) in [5.41, 5.74) is 0.0202. The van der Waals surface area contributed by atoms with Crippen LogP contribution in [0.3, 0.4) is 0 Å². The summed E-state index contributed by atoms with van der Waals surface area (Å²) in [5.74, 6) is 7.22. The van der Waals surface area contributed by atoms with Crippen molar-refractivity contribution in [1.82, 2.24) is 0 Å². The maximum absolute atomic E-state index is 12.5. The Bertz CT molecular complexity index is 2410. The molecule has 24 heteroatoms. The monoisotopic (exact) mass is 1520 g/mol. The highest BCUT2D eigenvalue weighted by molar-refractivity contribution is 7.03. The minimum atomic E-state index is -3.92. The summed E-state index contributed by atoms with van der Waals surface area (Å²) in [7, 11) is -31.1. The highest BCUT2D eigenvalue weighted by Gasteiger charge is 2.84. The Labute approximate surface area is 609 Å². The van der Waals surface area contributed by atoms with Gasteiger partial charge in [-0.15, -0.1) is 0 Å².